The Balaban J connectivity index is 0.000000192. The molecule has 11 unspecified atom stereocenters. The lowest BCUT2D eigenvalue weighted by molar-refractivity contribution is -0.228. The summed E-state index contributed by atoms with van der Waals surface area (Å²) in [5.74, 6) is -6.24. The van der Waals surface area contributed by atoms with Crippen molar-refractivity contribution in [2.24, 2.45) is 57.2 Å². The van der Waals surface area contributed by atoms with Gasteiger partial charge in [0.25, 0.3) is 6.01 Å². The van der Waals surface area contributed by atoms with Gasteiger partial charge in [-0.05, 0) is 181 Å². The quantitative estimate of drug-likeness (QED) is 0.0683. The van der Waals surface area contributed by atoms with E-state index in [2.05, 4.69) is 77.6 Å². The molecule has 2 N–H and O–H groups in total. The number of carbonyl (C=O) groups is 6. The molecule has 23 heteroatoms. The Morgan fingerprint density at radius 2 is 1.08 bits per heavy atom. The number of rotatable bonds is 10. The van der Waals surface area contributed by atoms with Gasteiger partial charge in [0.2, 0.25) is 10.2 Å². The van der Waals surface area contributed by atoms with E-state index in [1.54, 1.807) is 41.5 Å². The highest BCUT2D eigenvalue weighted by atomic mass is 32.2. The molecule has 10 rings (SSSR count). The summed E-state index contributed by atoms with van der Waals surface area (Å²) in [5.41, 5.74) is -7.00. The zero-order chi connectivity index (χ0) is 67.6. The van der Waals surface area contributed by atoms with E-state index in [9.17, 15) is 60.7 Å². The second-order valence-corrected chi connectivity index (χ2v) is 29.8. The van der Waals surface area contributed by atoms with Crippen LogP contribution in [0.5, 0.6) is 0 Å². The lowest BCUT2D eigenvalue weighted by atomic mass is 9.44. The van der Waals surface area contributed by atoms with Crippen molar-refractivity contribution in [2.75, 3.05) is 12.0 Å². The number of aliphatic hydroxyl groups is 2. The molecule has 10 nitrogen and oxygen atoms in total. The van der Waals surface area contributed by atoms with E-state index < -0.39 is 162 Å². The van der Waals surface area contributed by atoms with Crippen LogP contribution in [0.25, 0.3) is 0 Å². The van der Waals surface area contributed by atoms with Crippen molar-refractivity contribution in [3.05, 3.63) is 106 Å². The van der Waals surface area contributed by atoms with Crippen molar-refractivity contribution in [1.29, 1.82) is 0 Å². The van der Waals surface area contributed by atoms with E-state index in [1.807, 2.05) is 0 Å². The minimum absolute atomic E-state index is 0.0141. The minimum atomic E-state index is -4.25. The number of ether oxygens (including phenoxy) is 2. The van der Waals surface area contributed by atoms with Crippen LogP contribution in [0.4, 0.5) is 39.3 Å². The molecular weight excluding hydrogens is 1240 g/mol. The average molecular weight is 1330 g/mol. The molecule has 0 aliphatic heterocycles. The average Bonchev–Trinajstić information content (AvgIpc) is 1.34. The lowest BCUT2D eigenvalue weighted by Crippen LogP contribution is -2.70. The molecular formula is C67H84BF9O10S3. The van der Waals surface area contributed by atoms with Crippen LogP contribution in [0.3, 0.4) is 0 Å². The number of benzene rings is 2. The Morgan fingerprint density at radius 1 is 0.667 bits per heavy atom. The van der Waals surface area contributed by atoms with Crippen molar-refractivity contribution in [3.8, 4) is 0 Å². The SMILES string of the molecule is CCC(=O)O[C@@]1(C(=O)S)[C@H](C)CC2C3C[C@@H](F)C4=CC(=O)C=CC4(C)[C@]3(F)C(O)CC21C.CCC(=O)O[C@@]1(C(=O)SCF)[C@H](C)CC2C3C[C@@H](F)C4=CC(=O)C=CC4(C)[C@]3(F)C(O)CC21C.Cc1ccc([S+](CF)c2cc(C)c(C)c(C)c2C)cc1.F[BH-](F)F. The largest absolute Gasteiger partial charge is 0.464 e. The summed E-state index contributed by atoms with van der Waals surface area (Å²) in [5, 5.41) is 21.4. The van der Waals surface area contributed by atoms with Crippen LogP contribution in [0, 0.1) is 91.8 Å². The van der Waals surface area contributed by atoms with Crippen LogP contribution in [0.15, 0.2) is 87.7 Å². The van der Waals surface area contributed by atoms with E-state index in [1.165, 1.54) is 66.0 Å². The highest BCUT2D eigenvalue weighted by molar-refractivity contribution is 8.13. The summed E-state index contributed by atoms with van der Waals surface area (Å²) in [7, 11) is -4.72. The van der Waals surface area contributed by atoms with Crippen LogP contribution in [0.2, 0.25) is 0 Å². The maximum absolute atomic E-state index is 17.2. The van der Waals surface area contributed by atoms with Gasteiger partial charge < -0.3 is 32.6 Å². The van der Waals surface area contributed by atoms with Crippen molar-refractivity contribution >= 4 is 76.6 Å². The monoisotopic (exact) mass is 1330 g/mol. The summed E-state index contributed by atoms with van der Waals surface area (Å²) in [6.45, 7) is 23.6. The molecule has 8 aliphatic rings. The topological polar surface area (TPSA) is 161 Å². The van der Waals surface area contributed by atoms with E-state index in [-0.39, 0.29) is 62.1 Å². The van der Waals surface area contributed by atoms with Crippen LogP contribution in [-0.4, -0.2) is 111 Å². The number of carbonyl (C=O) groups excluding carboxylic acids is 6. The van der Waals surface area contributed by atoms with Gasteiger partial charge in [0.1, 0.15) is 18.3 Å². The normalized spacial score (nSPS) is 38.7. The predicted molar refractivity (Wildman–Crippen MR) is 334 cm³/mol. The summed E-state index contributed by atoms with van der Waals surface area (Å²) >= 11 is 4.48. The van der Waals surface area contributed by atoms with Crippen molar-refractivity contribution in [2.45, 2.75) is 198 Å². The number of aliphatic hydroxyl groups excluding tert-OH is 2. The molecule has 6 fully saturated rings. The number of fused-ring (bicyclic) bond motifs is 10. The van der Waals surface area contributed by atoms with Gasteiger partial charge in [-0.1, -0.05) is 71.4 Å². The van der Waals surface area contributed by atoms with Crippen LogP contribution in [-0.2, 0) is 49.1 Å². The minimum Gasteiger partial charge on any atom is -0.452 e. The first-order valence-corrected chi connectivity index (χ1v) is 33.4. The second-order valence-electron chi connectivity index (χ2n) is 26.6. The number of thioether (sulfide) groups is 1. The van der Waals surface area contributed by atoms with Gasteiger partial charge in [0, 0.05) is 63.7 Å². The Hall–Kier alpha value is -4.58. The number of alkyl halides is 6. The van der Waals surface area contributed by atoms with Crippen molar-refractivity contribution < 1.29 is 87.7 Å². The Kier molecular flexibility index (Phi) is 21.6. The highest BCUT2D eigenvalue weighted by Crippen LogP contribution is 2.74. The fraction of sp³-hybridized carbons (Fsp3) is 0.612. The van der Waals surface area contributed by atoms with Gasteiger partial charge in [-0.15, -0.1) is 12.6 Å². The number of hydrogen-bond acceptors (Lipinski definition) is 11. The number of halogens is 9. The maximum atomic E-state index is 17.2. The smallest absolute Gasteiger partial charge is 0.452 e. The van der Waals surface area contributed by atoms with Crippen LogP contribution in [0.1, 0.15) is 135 Å². The highest BCUT2D eigenvalue weighted by Gasteiger charge is 2.80. The van der Waals surface area contributed by atoms with Crippen molar-refractivity contribution in [3.63, 3.8) is 0 Å². The standard InChI is InChI=1S/C25H31F3O5S.C24H30F2O5S.C18H22FS.BF3H/c1-5-20(31)33-25(21(32)34-12-26)13(2)8-15-16-10-18(27)17-9-14(29)6-7-22(17,3)24(16,28)19(30)11-23(15,25)4;1-5-19(29)31-24(20(30)32)12(2)8-14-15-10-17(25)16-9-13(27)6-7-21(16,3)23(15,26)18(28)11-22(14,24)4;1-12-6-8-17(9-7-12)20(11-19)18-10-13(2)14(3)15(4)16(18)5;2-1(3)4/h6-7,9,13,15-16,18-19,30H,5,8,10-12H2,1-4H3;6-7,9,12,14-15,17-18,28H,5,8,10-11H2,1-4H3,(H,30,32);6-10H,11H2,1-5H3;1H/q;;+1;-1/t13-,15?,16?,18-,19?,22?,23?,24-,25-;12-,14?,15?,17-,18?,21?,22?,23-,24-;;/m11../s1. The zero-order valence-corrected chi connectivity index (χ0v) is 55.8. The molecule has 0 spiro atoms. The molecule has 496 valence electrons. The fourth-order valence-electron chi connectivity index (χ4n) is 17.5. The lowest BCUT2D eigenvalue weighted by Gasteiger charge is -2.63. The van der Waals surface area contributed by atoms with Gasteiger partial charge in [0.05, 0.1) is 23.1 Å². The first-order chi connectivity index (χ1) is 41.8. The molecule has 0 radical (unpaired) electrons. The van der Waals surface area contributed by atoms with E-state index >= 15 is 17.6 Å². The molecule has 2 aromatic rings. The number of esters is 2. The molecule has 0 saturated heterocycles. The first kappa shape index (κ1) is 72.8. The summed E-state index contributed by atoms with van der Waals surface area (Å²) in [6, 6.07) is 9.06. The van der Waals surface area contributed by atoms with Gasteiger partial charge >= 0.3 is 19.5 Å². The van der Waals surface area contributed by atoms with E-state index in [0.29, 0.717) is 18.2 Å². The third-order valence-electron chi connectivity index (χ3n) is 22.4. The molecule has 0 aromatic heterocycles. The third-order valence-corrected chi connectivity index (χ3v) is 25.4. The fourth-order valence-corrected chi connectivity index (χ4v) is 20.6. The molecule has 0 heterocycles. The molecule has 6 saturated carbocycles. The summed E-state index contributed by atoms with van der Waals surface area (Å²) < 4.78 is 133. The molecule has 0 amide bonds. The third kappa shape index (κ3) is 11.5. The Labute approximate surface area is 534 Å². The van der Waals surface area contributed by atoms with Crippen LogP contribution < -0.4 is 0 Å². The number of ketones is 2. The van der Waals surface area contributed by atoms with Gasteiger partial charge in [-0.3, -0.25) is 28.8 Å². The Bertz CT molecular complexity index is 3280. The van der Waals surface area contributed by atoms with Gasteiger partial charge in [-0.2, -0.15) is 4.39 Å². The van der Waals surface area contributed by atoms with Gasteiger partial charge in [-0.25, -0.2) is 22.0 Å². The molecule has 8 aliphatic carbocycles. The maximum Gasteiger partial charge on any atom is 0.464 e. The Morgan fingerprint density at radius 3 is 1.48 bits per heavy atom. The molecule has 19 atom stereocenters. The first-order valence-electron chi connectivity index (χ1n) is 30.6. The number of hydrogen-bond donors (Lipinski definition) is 3. The zero-order valence-electron chi connectivity index (χ0n) is 53.2. The second kappa shape index (κ2) is 26.7. The molecule has 0 bridgehead atoms. The molecule has 2 aromatic carbocycles. The number of allylic oxidation sites excluding steroid dienone is 8. The van der Waals surface area contributed by atoms with Gasteiger partial charge in [0.15, 0.2) is 43.9 Å². The van der Waals surface area contributed by atoms with E-state index in [4.69, 9.17) is 9.47 Å². The van der Waals surface area contributed by atoms with Crippen molar-refractivity contribution in [1.82, 2.24) is 0 Å². The van der Waals surface area contributed by atoms with Crippen LogP contribution >= 0.6 is 24.4 Å². The predicted octanol–water partition coefficient (Wildman–Crippen LogP) is 13.9. The number of thiol groups is 1. The van der Waals surface area contributed by atoms with E-state index in [0.717, 1.165) is 21.9 Å². The summed E-state index contributed by atoms with van der Waals surface area (Å²) in [4.78, 5) is 77.2. The molecule has 90 heavy (non-hydrogen) atoms. The summed E-state index contributed by atoms with van der Waals surface area (Å²) in [6.07, 6.45) is 0.779. The number of aryl methyl sites for hydroxylation is 2.